The van der Waals surface area contributed by atoms with E-state index in [1.807, 2.05) is 40.8 Å². The number of carbonyl (C=O) groups is 1. The molecular formula is C24H36N6O. The van der Waals surface area contributed by atoms with E-state index in [0.717, 1.165) is 62.7 Å². The van der Waals surface area contributed by atoms with Gasteiger partial charge in [-0.3, -0.25) is 0 Å². The number of benzene rings is 1. The lowest BCUT2D eigenvalue weighted by Crippen LogP contribution is -2.51. The number of anilines is 1. The summed E-state index contributed by atoms with van der Waals surface area (Å²) in [6.45, 7) is 6.42. The van der Waals surface area contributed by atoms with Crippen LogP contribution in [0.4, 0.5) is 10.7 Å². The Morgan fingerprint density at radius 3 is 2.52 bits per heavy atom. The fourth-order valence-corrected chi connectivity index (χ4v) is 5.65. The maximum atomic E-state index is 13.4. The number of rotatable bonds is 4. The summed E-state index contributed by atoms with van der Waals surface area (Å²) in [5.74, 6) is 0.867. The molecule has 1 atom stereocenters. The summed E-state index contributed by atoms with van der Waals surface area (Å²) in [7, 11) is 4.16. The highest BCUT2D eigenvalue weighted by Gasteiger charge is 2.37. The van der Waals surface area contributed by atoms with Crippen molar-refractivity contribution in [2.24, 2.45) is 0 Å². The fourth-order valence-electron chi connectivity index (χ4n) is 5.65. The van der Waals surface area contributed by atoms with Crippen LogP contribution in [-0.2, 0) is 0 Å². The molecule has 2 fully saturated rings. The summed E-state index contributed by atoms with van der Waals surface area (Å²) >= 11 is 0. The Morgan fingerprint density at radius 1 is 1.00 bits per heavy atom. The van der Waals surface area contributed by atoms with E-state index >= 15 is 0 Å². The molecule has 31 heavy (non-hydrogen) atoms. The quantitative estimate of drug-likeness (QED) is 0.755. The van der Waals surface area contributed by atoms with Gasteiger partial charge in [0.1, 0.15) is 0 Å². The summed E-state index contributed by atoms with van der Waals surface area (Å²) < 4.78 is 1.87. The smallest absolute Gasteiger partial charge is 0.331 e. The molecule has 5 rings (SSSR count). The number of imidazole rings is 1. The van der Waals surface area contributed by atoms with Gasteiger partial charge in [-0.05, 0) is 38.4 Å². The van der Waals surface area contributed by atoms with Crippen LogP contribution < -0.4 is 4.90 Å². The van der Waals surface area contributed by atoms with Crippen molar-refractivity contribution in [1.29, 1.82) is 0 Å². The van der Waals surface area contributed by atoms with Crippen molar-refractivity contribution in [3.63, 3.8) is 0 Å². The molecule has 2 aliphatic heterocycles. The first-order valence-electron chi connectivity index (χ1n) is 12.0. The Balaban J connectivity index is 1.49. The van der Waals surface area contributed by atoms with E-state index in [9.17, 15) is 4.79 Å². The molecule has 7 heteroatoms. The Labute approximate surface area is 185 Å². The first-order valence-corrected chi connectivity index (χ1v) is 12.0. The van der Waals surface area contributed by atoms with Gasteiger partial charge in [0.05, 0.1) is 17.1 Å². The highest BCUT2D eigenvalue weighted by atomic mass is 16.2. The molecule has 3 heterocycles. The van der Waals surface area contributed by atoms with Gasteiger partial charge in [0.25, 0.3) is 0 Å². The number of fused-ring (bicyclic) bond motifs is 3. The fraction of sp³-hybridized carbons (Fsp3) is 0.667. The molecule has 0 bridgehead atoms. The summed E-state index contributed by atoms with van der Waals surface area (Å²) in [6, 6.07) is 8.90. The van der Waals surface area contributed by atoms with Gasteiger partial charge in [0.15, 0.2) is 0 Å². The molecule has 3 aliphatic rings. The molecule has 1 aromatic heterocycles. The molecule has 1 unspecified atom stereocenters. The number of aromatic nitrogens is 2. The molecule has 2 aromatic rings. The third-order valence-corrected chi connectivity index (χ3v) is 7.51. The Bertz CT molecular complexity index is 912. The number of hydrogen-bond acceptors (Lipinski definition) is 5. The van der Waals surface area contributed by atoms with Crippen LogP contribution in [0.25, 0.3) is 11.0 Å². The zero-order valence-electron chi connectivity index (χ0n) is 19.0. The maximum absolute atomic E-state index is 13.4. The SMILES string of the molecule is CN1CCN(CCC2CN(C)C(=O)n3c(nc4ccccc43)N2C2CCCCC2)CC1. The van der Waals surface area contributed by atoms with E-state index in [2.05, 4.69) is 21.7 Å². The van der Waals surface area contributed by atoms with E-state index in [-0.39, 0.29) is 6.03 Å². The predicted octanol–water partition coefficient (Wildman–Crippen LogP) is 3.10. The van der Waals surface area contributed by atoms with Gasteiger partial charge in [-0.15, -0.1) is 0 Å². The van der Waals surface area contributed by atoms with Gasteiger partial charge in [-0.25, -0.2) is 14.3 Å². The van der Waals surface area contributed by atoms with Gasteiger partial charge in [0, 0.05) is 52.4 Å². The van der Waals surface area contributed by atoms with Crippen molar-refractivity contribution < 1.29 is 4.79 Å². The topological polar surface area (TPSA) is 47.9 Å². The summed E-state index contributed by atoms with van der Waals surface area (Å²) in [5.41, 5.74) is 1.84. The van der Waals surface area contributed by atoms with Crippen LogP contribution in [0.2, 0.25) is 0 Å². The second-order valence-corrected chi connectivity index (χ2v) is 9.69. The minimum atomic E-state index is 0.0478. The Kier molecular flexibility index (Phi) is 5.89. The second-order valence-electron chi connectivity index (χ2n) is 9.69. The average molecular weight is 425 g/mol. The number of hydrogen-bond donors (Lipinski definition) is 0. The van der Waals surface area contributed by atoms with Crippen LogP contribution in [0.1, 0.15) is 38.5 Å². The van der Waals surface area contributed by atoms with E-state index in [1.165, 1.54) is 32.1 Å². The Hall–Kier alpha value is -2.12. The number of carbonyl (C=O) groups excluding carboxylic acids is 1. The monoisotopic (exact) mass is 424 g/mol. The number of piperazine rings is 1. The predicted molar refractivity (Wildman–Crippen MR) is 125 cm³/mol. The number of nitrogens with zero attached hydrogens (tertiary/aromatic N) is 6. The lowest BCUT2D eigenvalue weighted by molar-refractivity contribution is 0.147. The molecular weight excluding hydrogens is 388 g/mol. The summed E-state index contributed by atoms with van der Waals surface area (Å²) in [4.78, 5) is 27.9. The zero-order valence-corrected chi connectivity index (χ0v) is 19.0. The van der Waals surface area contributed by atoms with Crippen molar-refractivity contribution in [2.45, 2.75) is 50.6 Å². The third kappa shape index (κ3) is 4.05. The van der Waals surface area contributed by atoms with E-state index in [1.54, 1.807) is 0 Å². The van der Waals surface area contributed by atoms with Crippen LogP contribution in [0.15, 0.2) is 24.3 Å². The van der Waals surface area contributed by atoms with E-state index in [0.29, 0.717) is 12.1 Å². The zero-order chi connectivity index (χ0) is 21.4. The van der Waals surface area contributed by atoms with Crippen LogP contribution in [0.5, 0.6) is 0 Å². The van der Waals surface area contributed by atoms with Crippen molar-refractivity contribution in [1.82, 2.24) is 24.3 Å². The van der Waals surface area contributed by atoms with Crippen LogP contribution in [0, 0.1) is 0 Å². The molecule has 1 saturated carbocycles. The third-order valence-electron chi connectivity index (χ3n) is 7.51. The first-order chi connectivity index (χ1) is 15.1. The van der Waals surface area contributed by atoms with E-state index < -0.39 is 0 Å². The normalized spacial score (nSPS) is 24.6. The molecule has 7 nitrogen and oxygen atoms in total. The van der Waals surface area contributed by atoms with Crippen LogP contribution in [-0.4, -0.2) is 95.7 Å². The maximum Gasteiger partial charge on any atom is 0.331 e. The van der Waals surface area contributed by atoms with Gasteiger partial charge < -0.3 is 19.6 Å². The largest absolute Gasteiger partial charge is 0.334 e. The van der Waals surface area contributed by atoms with Gasteiger partial charge in [0.2, 0.25) is 5.95 Å². The molecule has 1 aliphatic carbocycles. The molecule has 1 amide bonds. The molecule has 1 saturated heterocycles. The molecule has 1 aromatic carbocycles. The standard InChI is InChI=1S/C24H36N6O/c1-26-14-16-28(17-15-26)13-12-20-18-27(2)24(31)30-22-11-7-6-10-21(22)25-23(30)29(20)19-8-4-3-5-9-19/h6-7,10-11,19-20H,3-5,8-9,12-18H2,1-2H3. The van der Waals surface area contributed by atoms with Crippen molar-refractivity contribution >= 4 is 23.0 Å². The summed E-state index contributed by atoms with van der Waals surface area (Å²) in [5, 5.41) is 0. The lowest BCUT2D eigenvalue weighted by atomic mass is 9.92. The molecule has 168 valence electrons. The minimum Gasteiger partial charge on any atom is -0.334 e. The molecule has 0 spiro atoms. The average Bonchev–Trinajstić information content (AvgIpc) is 3.13. The van der Waals surface area contributed by atoms with Crippen molar-refractivity contribution in [3.05, 3.63) is 24.3 Å². The van der Waals surface area contributed by atoms with E-state index in [4.69, 9.17) is 4.98 Å². The minimum absolute atomic E-state index is 0.0478. The number of amides is 1. The van der Waals surface area contributed by atoms with Crippen LogP contribution in [0.3, 0.4) is 0 Å². The highest BCUT2D eigenvalue weighted by molar-refractivity contribution is 5.93. The first kappa shape index (κ1) is 20.8. The second kappa shape index (κ2) is 8.79. The molecule has 0 N–H and O–H groups in total. The van der Waals surface area contributed by atoms with Crippen molar-refractivity contribution in [2.75, 3.05) is 58.3 Å². The Morgan fingerprint density at radius 2 is 1.74 bits per heavy atom. The van der Waals surface area contributed by atoms with Crippen LogP contribution >= 0.6 is 0 Å². The van der Waals surface area contributed by atoms with Gasteiger partial charge in [-0.2, -0.15) is 0 Å². The lowest BCUT2D eigenvalue weighted by Gasteiger charge is -2.41. The van der Waals surface area contributed by atoms with Gasteiger partial charge in [-0.1, -0.05) is 31.4 Å². The summed E-state index contributed by atoms with van der Waals surface area (Å²) in [6.07, 6.45) is 7.34. The molecule has 0 radical (unpaired) electrons. The number of para-hydroxylation sites is 2. The van der Waals surface area contributed by atoms with Gasteiger partial charge >= 0.3 is 6.03 Å². The number of likely N-dealkylation sites (N-methyl/N-ethyl adjacent to an activating group) is 2. The van der Waals surface area contributed by atoms with Crippen molar-refractivity contribution in [3.8, 4) is 0 Å². The highest BCUT2D eigenvalue weighted by Crippen LogP contribution is 2.34.